The molecule has 1 aliphatic rings. The smallest absolute Gasteiger partial charge is 0.308 e. The standard InChI is InChI=1S/C25H28N2O7/c1-15(28)34-17-11-9-16(10-12-17)22-21(24(30)25(31)27(22)14-13-26(2)3)23(29)20-18(32-4)7-6-8-19(20)33-5/h6-12,22,29H,13-14H2,1-5H3/b23-21+. The summed E-state index contributed by atoms with van der Waals surface area (Å²) < 4.78 is 15.9. The highest BCUT2D eigenvalue weighted by Crippen LogP contribution is 2.43. The van der Waals surface area contributed by atoms with Crippen molar-refractivity contribution in [3.63, 3.8) is 0 Å². The molecule has 0 aromatic heterocycles. The number of benzene rings is 2. The SMILES string of the molecule is COc1cccc(OC)c1/C(O)=C1\C(=O)C(=O)N(CCN(C)C)C1c1ccc(OC(C)=O)cc1. The molecule has 1 unspecified atom stereocenters. The fourth-order valence-electron chi connectivity index (χ4n) is 3.87. The van der Waals surface area contributed by atoms with Gasteiger partial charge in [0, 0.05) is 20.0 Å². The minimum atomic E-state index is -0.860. The largest absolute Gasteiger partial charge is 0.506 e. The van der Waals surface area contributed by atoms with Crippen LogP contribution < -0.4 is 14.2 Å². The van der Waals surface area contributed by atoms with E-state index in [0.717, 1.165) is 0 Å². The van der Waals surface area contributed by atoms with Gasteiger partial charge in [0.1, 0.15) is 28.6 Å². The molecule has 1 heterocycles. The zero-order valence-electron chi connectivity index (χ0n) is 19.8. The van der Waals surface area contributed by atoms with Crippen molar-refractivity contribution in [2.75, 3.05) is 41.4 Å². The molecule has 9 nitrogen and oxygen atoms in total. The fraction of sp³-hybridized carbons (Fsp3) is 0.320. The van der Waals surface area contributed by atoms with Crippen LogP contribution in [0.1, 0.15) is 24.1 Å². The third kappa shape index (κ3) is 4.89. The number of aliphatic hydroxyl groups is 1. The number of hydrogen-bond donors (Lipinski definition) is 1. The van der Waals surface area contributed by atoms with Crippen LogP contribution in [0, 0.1) is 0 Å². The zero-order chi connectivity index (χ0) is 25.0. The summed E-state index contributed by atoms with van der Waals surface area (Å²) in [4.78, 5) is 40.8. The molecular weight excluding hydrogens is 440 g/mol. The van der Waals surface area contributed by atoms with Crippen LogP contribution in [-0.4, -0.2) is 74.0 Å². The van der Waals surface area contributed by atoms with Crippen molar-refractivity contribution in [2.24, 2.45) is 0 Å². The normalized spacial score (nSPS) is 17.2. The maximum absolute atomic E-state index is 13.2. The van der Waals surface area contributed by atoms with E-state index in [4.69, 9.17) is 14.2 Å². The Hall–Kier alpha value is -3.85. The van der Waals surface area contributed by atoms with Crippen molar-refractivity contribution in [2.45, 2.75) is 13.0 Å². The van der Waals surface area contributed by atoms with E-state index in [2.05, 4.69) is 0 Å². The Kier molecular flexibility index (Phi) is 7.57. The molecule has 1 atom stereocenters. The number of amides is 1. The van der Waals surface area contributed by atoms with Gasteiger partial charge in [0.2, 0.25) is 0 Å². The van der Waals surface area contributed by atoms with Gasteiger partial charge in [0.15, 0.2) is 0 Å². The van der Waals surface area contributed by atoms with E-state index >= 15 is 0 Å². The topological polar surface area (TPSA) is 106 Å². The first-order chi connectivity index (χ1) is 16.2. The lowest BCUT2D eigenvalue weighted by Crippen LogP contribution is -2.35. The maximum atomic E-state index is 13.2. The van der Waals surface area contributed by atoms with Crippen LogP contribution in [0.3, 0.4) is 0 Å². The van der Waals surface area contributed by atoms with Crippen LogP contribution >= 0.6 is 0 Å². The summed E-state index contributed by atoms with van der Waals surface area (Å²) in [6.45, 7) is 2.06. The number of Topliss-reactive ketones (excluding diaryl/α,β-unsaturated/α-hetero) is 1. The van der Waals surface area contributed by atoms with Crippen LogP contribution in [0.2, 0.25) is 0 Å². The van der Waals surface area contributed by atoms with E-state index in [1.807, 2.05) is 19.0 Å². The minimum Gasteiger partial charge on any atom is -0.506 e. The van der Waals surface area contributed by atoms with Gasteiger partial charge in [-0.2, -0.15) is 0 Å². The average molecular weight is 469 g/mol. The van der Waals surface area contributed by atoms with Crippen LogP contribution in [-0.2, 0) is 14.4 Å². The molecule has 1 fully saturated rings. The highest BCUT2D eigenvalue weighted by molar-refractivity contribution is 6.46. The van der Waals surface area contributed by atoms with Crippen LogP contribution in [0.15, 0.2) is 48.0 Å². The molecule has 0 saturated carbocycles. The van der Waals surface area contributed by atoms with Crippen LogP contribution in [0.5, 0.6) is 17.2 Å². The molecule has 9 heteroatoms. The Bertz CT molecular complexity index is 1100. The van der Waals surface area contributed by atoms with Crippen LogP contribution in [0.25, 0.3) is 5.76 Å². The predicted octanol–water partition coefficient (Wildman–Crippen LogP) is 2.61. The van der Waals surface area contributed by atoms with Gasteiger partial charge in [0.05, 0.1) is 25.8 Å². The van der Waals surface area contributed by atoms with Gasteiger partial charge >= 0.3 is 5.97 Å². The molecule has 34 heavy (non-hydrogen) atoms. The first-order valence-corrected chi connectivity index (χ1v) is 10.6. The summed E-state index contributed by atoms with van der Waals surface area (Å²) in [5.74, 6) is -1.47. The Morgan fingerprint density at radius 3 is 2.12 bits per heavy atom. The highest BCUT2D eigenvalue weighted by atomic mass is 16.5. The van der Waals surface area contributed by atoms with Crippen LogP contribution in [0.4, 0.5) is 0 Å². The Balaban J connectivity index is 2.20. The van der Waals surface area contributed by atoms with Crippen molar-refractivity contribution < 1.29 is 33.7 Å². The second kappa shape index (κ2) is 10.4. The fourth-order valence-corrected chi connectivity index (χ4v) is 3.87. The molecule has 1 N–H and O–H groups in total. The third-order valence-electron chi connectivity index (χ3n) is 5.45. The number of likely N-dealkylation sites (N-methyl/N-ethyl adjacent to an activating group) is 1. The number of ether oxygens (including phenoxy) is 3. The van der Waals surface area contributed by atoms with E-state index in [9.17, 15) is 19.5 Å². The van der Waals surface area contributed by atoms with Gasteiger partial charge in [-0.15, -0.1) is 0 Å². The van der Waals surface area contributed by atoms with Crippen molar-refractivity contribution in [1.82, 2.24) is 9.80 Å². The van der Waals surface area contributed by atoms with Crippen molar-refractivity contribution in [1.29, 1.82) is 0 Å². The second-order valence-electron chi connectivity index (χ2n) is 8.00. The highest BCUT2D eigenvalue weighted by Gasteiger charge is 2.46. The number of ketones is 1. The molecule has 1 aliphatic heterocycles. The summed E-state index contributed by atoms with van der Waals surface area (Å²) in [5.41, 5.74) is 0.677. The maximum Gasteiger partial charge on any atom is 0.308 e. The van der Waals surface area contributed by atoms with Crippen molar-refractivity contribution in [3.05, 3.63) is 59.2 Å². The number of likely N-dealkylation sites (tertiary alicyclic amines) is 1. The Morgan fingerprint density at radius 1 is 1.03 bits per heavy atom. The van der Waals surface area contributed by atoms with E-state index in [1.54, 1.807) is 42.5 Å². The summed E-state index contributed by atoms with van der Waals surface area (Å²) in [6, 6.07) is 10.6. The molecule has 0 bridgehead atoms. The summed E-state index contributed by atoms with van der Waals surface area (Å²) in [5, 5.41) is 11.4. The monoisotopic (exact) mass is 468 g/mol. The molecule has 2 aromatic carbocycles. The van der Waals surface area contributed by atoms with E-state index in [0.29, 0.717) is 29.4 Å². The third-order valence-corrected chi connectivity index (χ3v) is 5.45. The molecule has 0 spiro atoms. The lowest BCUT2D eigenvalue weighted by atomic mass is 9.94. The molecular formula is C25H28N2O7. The quantitative estimate of drug-likeness (QED) is 0.207. The van der Waals surface area contributed by atoms with Crippen molar-refractivity contribution >= 4 is 23.4 Å². The average Bonchev–Trinajstić information content (AvgIpc) is 3.06. The molecule has 1 saturated heterocycles. The lowest BCUT2D eigenvalue weighted by molar-refractivity contribution is -0.140. The molecule has 1 amide bonds. The van der Waals surface area contributed by atoms with Gasteiger partial charge in [0.25, 0.3) is 11.7 Å². The molecule has 0 radical (unpaired) electrons. The second-order valence-corrected chi connectivity index (χ2v) is 8.00. The minimum absolute atomic E-state index is 0.0770. The van der Waals surface area contributed by atoms with Gasteiger partial charge in [-0.1, -0.05) is 18.2 Å². The summed E-state index contributed by atoms with van der Waals surface area (Å²) in [6.07, 6.45) is 0. The number of nitrogens with zero attached hydrogens (tertiary/aromatic N) is 2. The Morgan fingerprint density at radius 2 is 1.62 bits per heavy atom. The van der Waals surface area contributed by atoms with Gasteiger partial charge < -0.3 is 29.1 Å². The molecule has 180 valence electrons. The number of rotatable bonds is 8. The van der Waals surface area contributed by atoms with Gasteiger partial charge in [-0.05, 0) is 43.9 Å². The Labute approximate surface area is 198 Å². The van der Waals surface area contributed by atoms with Crippen molar-refractivity contribution in [3.8, 4) is 17.2 Å². The number of esters is 1. The molecule has 3 rings (SSSR count). The first kappa shape index (κ1) is 24.8. The number of hydrogen-bond acceptors (Lipinski definition) is 8. The number of methoxy groups -OCH3 is 2. The lowest BCUT2D eigenvalue weighted by Gasteiger charge is -2.27. The summed E-state index contributed by atoms with van der Waals surface area (Å²) >= 11 is 0. The molecule has 2 aromatic rings. The van der Waals surface area contributed by atoms with E-state index < -0.39 is 29.5 Å². The number of aliphatic hydroxyl groups excluding tert-OH is 1. The predicted molar refractivity (Wildman–Crippen MR) is 125 cm³/mol. The number of carbonyl (C=O) groups is 3. The van der Waals surface area contributed by atoms with Gasteiger partial charge in [-0.25, -0.2) is 0 Å². The zero-order valence-corrected chi connectivity index (χ0v) is 19.8. The molecule has 0 aliphatic carbocycles. The number of carbonyl (C=O) groups excluding carboxylic acids is 3. The first-order valence-electron chi connectivity index (χ1n) is 10.6. The van der Waals surface area contributed by atoms with Gasteiger partial charge in [-0.3, -0.25) is 14.4 Å². The summed E-state index contributed by atoms with van der Waals surface area (Å²) in [7, 11) is 6.59. The van der Waals surface area contributed by atoms with E-state index in [-0.39, 0.29) is 17.7 Å². The van der Waals surface area contributed by atoms with E-state index in [1.165, 1.54) is 26.0 Å².